The summed E-state index contributed by atoms with van der Waals surface area (Å²) in [4.78, 5) is 11.4. The summed E-state index contributed by atoms with van der Waals surface area (Å²) in [5, 5.41) is 0.309. The Morgan fingerprint density at radius 2 is 2.10 bits per heavy atom. The Bertz CT molecular complexity index is 682. The Morgan fingerprint density at radius 3 is 2.71 bits per heavy atom. The maximum Gasteiger partial charge on any atom is 0.265 e. The van der Waals surface area contributed by atoms with Gasteiger partial charge < -0.3 is 4.74 Å². The van der Waals surface area contributed by atoms with E-state index in [0.29, 0.717) is 21.9 Å². The van der Waals surface area contributed by atoms with E-state index in [2.05, 4.69) is 28.0 Å². The van der Waals surface area contributed by atoms with Crippen LogP contribution in [0.2, 0.25) is 5.02 Å². The number of nitrogens with one attached hydrogen (secondary N) is 1. The lowest BCUT2D eigenvalue weighted by Gasteiger charge is -2.10. The van der Waals surface area contributed by atoms with Crippen LogP contribution in [0.15, 0.2) is 36.4 Å². The molecule has 0 heterocycles. The number of hydrazine groups is 1. The first-order valence-corrected chi connectivity index (χ1v) is 7.34. The third-order valence-electron chi connectivity index (χ3n) is 2.72. The van der Waals surface area contributed by atoms with E-state index in [4.69, 9.17) is 22.2 Å². The van der Waals surface area contributed by atoms with E-state index in [1.807, 2.05) is 0 Å². The zero-order chi connectivity index (χ0) is 15.4. The van der Waals surface area contributed by atoms with Crippen LogP contribution in [0.5, 0.6) is 5.75 Å². The zero-order valence-electron chi connectivity index (χ0n) is 10.7. The number of ether oxygens (including phenoxy) is 1. The van der Waals surface area contributed by atoms with Crippen LogP contribution < -0.4 is 16.0 Å². The van der Waals surface area contributed by atoms with Gasteiger partial charge in [-0.2, -0.15) is 0 Å². The van der Waals surface area contributed by atoms with Crippen molar-refractivity contribution in [2.24, 2.45) is 5.84 Å². The Morgan fingerprint density at radius 1 is 1.33 bits per heavy atom. The number of benzene rings is 2. The van der Waals surface area contributed by atoms with Crippen LogP contribution in [-0.4, -0.2) is 5.91 Å². The third kappa shape index (κ3) is 4.05. The summed E-state index contributed by atoms with van der Waals surface area (Å²) in [7, 11) is 0. The van der Waals surface area contributed by atoms with Crippen LogP contribution in [-0.2, 0) is 6.61 Å². The van der Waals surface area contributed by atoms with E-state index >= 15 is 0 Å². The van der Waals surface area contributed by atoms with Gasteiger partial charge in [0.2, 0.25) is 0 Å². The van der Waals surface area contributed by atoms with Gasteiger partial charge in [-0.1, -0.05) is 17.7 Å². The highest BCUT2D eigenvalue weighted by atomic mass is 127. The van der Waals surface area contributed by atoms with Crippen molar-refractivity contribution in [3.8, 4) is 5.75 Å². The normalized spacial score (nSPS) is 10.3. The van der Waals surface area contributed by atoms with Crippen molar-refractivity contribution < 1.29 is 13.9 Å². The molecule has 0 saturated carbocycles. The zero-order valence-corrected chi connectivity index (χ0v) is 13.6. The first-order valence-electron chi connectivity index (χ1n) is 5.88. The minimum absolute atomic E-state index is 0.206. The Hall–Kier alpha value is -1.38. The third-order valence-corrected chi connectivity index (χ3v) is 3.92. The maximum atomic E-state index is 13.0. The smallest absolute Gasteiger partial charge is 0.265 e. The molecule has 21 heavy (non-hydrogen) atoms. The van der Waals surface area contributed by atoms with Gasteiger partial charge in [0.15, 0.2) is 0 Å². The van der Waals surface area contributed by atoms with Gasteiger partial charge in [0.1, 0.15) is 18.2 Å². The van der Waals surface area contributed by atoms with Gasteiger partial charge in [0.05, 0.1) is 8.59 Å². The SMILES string of the molecule is NNC(=O)c1ccc(OCc2ccc(F)cc2Cl)c(I)c1. The Labute approximate surface area is 139 Å². The fraction of sp³-hybridized carbons (Fsp3) is 0.0714. The minimum Gasteiger partial charge on any atom is -0.488 e. The van der Waals surface area contributed by atoms with Crippen molar-refractivity contribution in [2.45, 2.75) is 6.61 Å². The molecule has 0 radical (unpaired) electrons. The molecule has 1 amide bonds. The van der Waals surface area contributed by atoms with Crippen molar-refractivity contribution in [2.75, 3.05) is 0 Å². The lowest BCUT2D eigenvalue weighted by molar-refractivity contribution is 0.0953. The summed E-state index contributed by atoms with van der Waals surface area (Å²) >= 11 is 7.99. The van der Waals surface area contributed by atoms with Gasteiger partial charge in [-0.15, -0.1) is 0 Å². The number of halogens is 3. The Kier molecular flexibility index (Phi) is 5.38. The fourth-order valence-electron chi connectivity index (χ4n) is 1.64. The molecule has 0 aliphatic carbocycles. The molecule has 0 aliphatic rings. The number of amides is 1. The molecule has 110 valence electrons. The predicted octanol–water partition coefficient (Wildman–Crippen LogP) is 3.27. The molecule has 0 unspecified atom stereocenters. The van der Waals surface area contributed by atoms with Crippen LogP contribution in [0.3, 0.4) is 0 Å². The molecule has 0 spiro atoms. The Balaban J connectivity index is 2.11. The van der Waals surface area contributed by atoms with Crippen LogP contribution >= 0.6 is 34.2 Å². The van der Waals surface area contributed by atoms with Crippen LogP contribution in [0.1, 0.15) is 15.9 Å². The second kappa shape index (κ2) is 7.06. The maximum absolute atomic E-state index is 13.0. The van der Waals surface area contributed by atoms with E-state index in [1.165, 1.54) is 12.1 Å². The largest absolute Gasteiger partial charge is 0.488 e. The van der Waals surface area contributed by atoms with E-state index in [9.17, 15) is 9.18 Å². The van der Waals surface area contributed by atoms with Crippen molar-refractivity contribution in [1.29, 1.82) is 0 Å². The van der Waals surface area contributed by atoms with Crippen molar-refractivity contribution >= 4 is 40.1 Å². The van der Waals surface area contributed by atoms with Gasteiger partial charge in [0.25, 0.3) is 5.91 Å². The summed E-state index contributed by atoms with van der Waals surface area (Å²) in [6, 6.07) is 9.06. The van der Waals surface area contributed by atoms with Crippen molar-refractivity contribution in [3.05, 3.63) is 61.9 Å². The summed E-state index contributed by atoms with van der Waals surface area (Å²) in [6.45, 7) is 0.206. The standard InChI is InChI=1S/C14H11ClFIN2O2/c15-11-6-10(16)3-1-9(11)7-21-13-4-2-8(5-12(13)17)14(20)19-18/h1-6H,7,18H2,(H,19,20). The summed E-state index contributed by atoms with van der Waals surface area (Å²) in [5.41, 5.74) is 3.18. The summed E-state index contributed by atoms with van der Waals surface area (Å²) in [5.74, 6) is 4.91. The van der Waals surface area contributed by atoms with Crippen LogP contribution in [0.25, 0.3) is 0 Å². The molecule has 2 rings (SSSR count). The summed E-state index contributed by atoms with van der Waals surface area (Å²) < 4.78 is 19.3. The average Bonchev–Trinajstić information content (AvgIpc) is 2.46. The summed E-state index contributed by atoms with van der Waals surface area (Å²) in [6.07, 6.45) is 0. The number of hydrogen-bond acceptors (Lipinski definition) is 3. The van der Waals surface area contributed by atoms with E-state index in [0.717, 1.165) is 3.57 Å². The first-order chi connectivity index (χ1) is 10.0. The van der Waals surface area contributed by atoms with Gasteiger partial charge in [-0.25, -0.2) is 10.2 Å². The number of nitrogens with two attached hydrogens (primary N) is 1. The predicted molar refractivity (Wildman–Crippen MR) is 86.6 cm³/mol. The quantitative estimate of drug-likeness (QED) is 0.345. The van der Waals surface area contributed by atoms with Crippen LogP contribution in [0, 0.1) is 9.39 Å². The van der Waals surface area contributed by atoms with E-state index < -0.39 is 5.82 Å². The molecular formula is C14H11ClFIN2O2. The molecule has 2 aromatic carbocycles. The number of carbonyl (C=O) groups is 1. The molecule has 0 atom stereocenters. The molecular weight excluding hydrogens is 410 g/mol. The average molecular weight is 421 g/mol. The first kappa shape index (κ1) is 16.0. The van der Waals surface area contributed by atoms with Crippen LogP contribution in [0.4, 0.5) is 4.39 Å². The highest BCUT2D eigenvalue weighted by molar-refractivity contribution is 14.1. The highest BCUT2D eigenvalue weighted by Gasteiger charge is 2.09. The lowest BCUT2D eigenvalue weighted by atomic mass is 10.2. The number of rotatable bonds is 4. The fourth-order valence-corrected chi connectivity index (χ4v) is 2.53. The lowest BCUT2D eigenvalue weighted by Crippen LogP contribution is -2.29. The van der Waals surface area contributed by atoms with E-state index in [1.54, 1.807) is 24.3 Å². The molecule has 7 heteroatoms. The number of nitrogen functional groups attached to an aromatic ring is 1. The molecule has 2 aromatic rings. The molecule has 0 fully saturated rings. The van der Waals surface area contributed by atoms with Gasteiger partial charge in [-0.3, -0.25) is 10.2 Å². The number of carbonyl (C=O) groups excluding carboxylic acids is 1. The van der Waals surface area contributed by atoms with Crippen molar-refractivity contribution in [3.63, 3.8) is 0 Å². The van der Waals surface area contributed by atoms with Gasteiger partial charge in [0, 0.05) is 11.1 Å². The molecule has 0 bridgehead atoms. The molecule has 3 N–H and O–H groups in total. The number of hydrogen-bond donors (Lipinski definition) is 2. The molecule has 0 saturated heterocycles. The van der Waals surface area contributed by atoms with E-state index in [-0.39, 0.29) is 12.5 Å². The second-order valence-corrected chi connectivity index (χ2v) is 5.71. The van der Waals surface area contributed by atoms with Crippen molar-refractivity contribution in [1.82, 2.24) is 5.43 Å². The second-order valence-electron chi connectivity index (χ2n) is 4.14. The molecule has 0 aliphatic heterocycles. The highest BCUT2D eigenvalue weighted by Crippen LogP contribution is 2.25. The van der Waals surface area contributed by atoms with Gasteiger partial charge in [-0.05, 0) is 52.9 Å². The van der Waals surface area contributed by atoms with Gasteiger partial charge >= 0.3 is 0 Å². The monoisotopic (exact) mass is 420 g/mol. The topological polar surface area (TPSA) is 64.3 Å². The minimum atomic E-state index is -0.393. The molecule has 0 aromatic heterocycles. The molecule has 4 nitrogen and oxygen atoms in total.